The fraction of sp³-hybridized carbons (Fsp3) is 0.783. The molecule has 1 saturated heterocycles. The van der Waals surface area contributed by atoms with E-state index in [0.717, 1.165) is 25.9 Å². The first-order valence-corrected chi connectivity index (χ1v) is 11.0. The number of carbonyl (C=O) groups excluding carboxylic acids is 1. The number of hydrazine groups is 1. The fourth-order valence-electron chi connectivity index (χ4n) is 4.97. The summed E-state index contributed by atoms with van der Waals surface area (Å²) in [4.78, 5) is 15.1. The minimum Gasteiger partial charge on any atom is -0.378 e. The second-order valence-electron chi connectivity index (χ2n) is 9.40. The van der Waals surface area contributed by atoms with E-state index in [0.29, 0.717) is 12.1 Å². The van der Waals surface area contributed by atoms with Crippen LogP contribution < -0.4 is 5.43 Å². The Labute approximate surface area is 176 Å². The first kappa shape index (κ1) is 24.1. The second kappa shape index (κ2) is 9.73. The molecule has 2 rings (SSSR count). The number of rotatable bonds is 12. The minimum atomic E-state index is -0.562. The molecule has 29 heavy (non-hydrogen) atoms. The van der Waals surface area contributed by atoms with Crippen molar-refractivity contribution in [3.63, 3.8) is 0 Å². The summed E-state index contributed by atoms with van der Waals surface area (Å²) in [5.41, 5.74) is 4.07. The normalized spacial score (nSPS) is 28.8. The number of hydrogen-bond donors (Lipinski definition) is 2. The van der Waals surface area contributed by atoms with Gasteiger partial charge in [-0.1, -0.05) is 53.7 Å². The van der Waals surface area contributed by atoms with Crippen LogP contribution in [0.3, 0.4) is 0 Å². The molecule has 6 heteroatoms. The van der Waals surface area contributed by atoms with Crippen molar-refractivity contribution in [2.45, 2.75) is 72.3 Å². The molecule has 1 heterocycles. The molecule has 0 aromatic carbocycles. The van der Waals surface area contributed by atoms with Gasteiger partial charge in [-0.05, 0) is 30.7 Å². The molecule has 2 N–H and O–H groups in total. The Hall–Kier alpha value is -1.21. The highest BCUT2D eigenvalue weighted by Gasteiger charge is 2.63. The van der Waals surface area contributed by atoms with Crippen LogP contribution in [-0.2, 0) is 9.53 Å². The largest absolute Gasteiger partial charge is 0.378 e. The van der Waals surface area contributed by atoms with E-state index in [1.807, 2.05) is 6.92 Å². The topological polar surface area (TPSA) is 65.0 Å². The molecular formula is C23H41N3O3. The van der Waals surface area contributed by atoms with Crippen molar-refractivity contribution in [1.29, 1.82) is 0 Å². The Morgan fingerprint density at radius 1 is 1.45 bits per heavy atom. The maximum Gasteiger partial charge on any atom is 0.244 e. The first-order valence-electron chi connectivity index (χ1n) is 11.0. The highest BCUT2D eigenvalue weighted by atomic mass is 16.5. The molecule has 1 amide bonds. The lowest BCUT2D eigenvalue weighted by Crippen LogP contribution is -2.53. The van der Waals surface area contributed by atoms with Gasteiger partial charge in [0.1, 0.15) is 12.3 Å². The van der Waals surface area contributed by atoms with E-state index in [2.05, 4.69) is 51.2 Å². The number of methoxy groups -OCH3 is 1. The number of amides is 1. The lowest BCUT2D eigenvalue weighted by molar-refractivity contribution is -0.140. The molecule has 0 radical (unpaired) electrons. The summed E-state index contributed by atoms with van der Waals surface area (Å²) in [6.45, 7) is 20.2. The monoisotopic (exact) mass is 407 g/mol. The first-order chi connectivity index (χ1) is 13.6. The lowest BCUT2D eigenvalue weighted by Gasteiger charge is -2.35. The lowest BCUT2D eigenvalue weighted by atomic mass is 9.87. The van der Waals surface area contributed by atoms with Crippen molar-refractivity contribution in [2.24, 2.45) is 23.2 Å². The number of hydrogen-bond acceptors (Lipinski definition) is 5. The molecule has 0 spiro atoms. The van der Waals surface area contributed by atoms with Gasteiger partial charge in [0.2, 0.25) is 5.91 Å². The van der Waals surface area contributed by atoms with Crippen molar-refractivity contribution >= 4 is 5.91 Å². The third-order valence-electron chi connectivity index (χ3n) is 6.60. The van der Waals surface area contributed by atoms with Gasteiger partial charge in [-0.25, -0.2) is 10.4 Å². The van der Waals surface area contributed by atoms with Crippen molar-refractivity contribution in [3.8, 4) is 0 Å². The highest BCUT2D eigenvalue weighted by molar-refractivity contribution is 5.82. The molecule has 2 fully saturated rings. The van der Waals surface area contributed by atoms with Gasteiger partial charge in [-0.3, -0.25) is 9.69 Å². The summed E-state index contributed by atoms with van der Waals surface area (Å²) in [5.74, 6) is 0.00230. The quantitative estimate of drug-likeness (QED) is 0.384. The molecular weight excluding hydrogens is 366 g/mol. The van der Waals surface area contributed by atoms with Crippen LogP contribution in [-0.4, -0.2) is 59.5 Å². The highest BCUT2D eigenvalue weighted by Crippen LogP contribution is 2.51. The summed E-state index contributed by atoms with van der Waals surface area (Å²) in [5, 5.41) is 12.7. The van der Waals surface area contributed by atoms with E-state index in [1.54, 1.807) is 18.2 Å². The van der Waals surface area contributed by atoms with Gasteiger partial charge in [-0.15, -0.1) is 6.58 Å². The average molecular weight is 408 g/mol. The Morgan fingerprint density at radius 2 is 2.10 bits per heavy atom. The van der Waals surface area contributed by atoms with Gasteiger partial charge in [0.25, 0.3) is 0 Å². The van der Waals surface area contributed by atoms with Gasteiger partial charge >= 0.3 is 0 Å². The zero-order chi connectivity index (χ0) is 21.9. The van der Waals surface area contributed by atoms with Crippen LogP contribution in [0.4, 0.5) is 0 Å². The third-order valence-corrected chi connectivity index (χ3v) is 6.60. The van der Waals surface area contributed by atoms with Crippen LogP contribution in [0.5, 0.6) is 0 Å². The summed E-state index contributed by atoms with van der Waals surface area (Å²) in [7, 11) is 1.61. The van der Waals surface area contributed by atoms with Gasteiger partial charge in [-0.2, -0.15) is 0 Å². The molecule has 6 atom stereocenters. The van der Waals surface area contributed by atoms with Gasteiger partial charge < -0.3 is 9.84 Å². The summed E-state index contributed by atoms with van der Waals surface area (Å²) >= 11 is 0. The third kappa shape index (κ3) is 5.10. The Balaban J connectivity index is 2.10. The fourth-order valence-corrected chi connectivity index (χ4v) is 4.97. The van der Waals surface area contributed by atoms with E-state index < -0.39 is 6.23 Å². The van der Waals surface area contributed by atoms with Gasteiger partial charge in [0.15, 0.2) is 0 Å². The summed E-state index contributed by atoms with van der Waals surface area (Å²) in [6.07, 6.45) is 3.75. The number of ether oxygens (including phenoxy) is 1. The predicted octanol–water partition coefficient (Wildman–Crippen LogP) is 3.16. The zero-order valence-electron chi connectivity index (χ0n) is 19.1. The van der Waals surface area contributed by atoms with E-state index in [9.17, 15) is 9.90 Å². The Morgan fingerprint density at radius 3 is 2.62 bits per heavy atom. The van der Waals surface area contributed by atoms with Gasteiger partial charge in [0.05, 0.1) is 5.70 Å². The zero-order valence-corrected chi connectivity index (χ0v) is 19.1. The van der Waals surface area contributed by atoms with Crippen molar-refractivity contribution < 1.29 is 14.6 Å². The van der Waals surface area contributed by atoms with Crippen molar-refractivity contribution in [2.75, 3.05) is 20.2 Å². The van der Waals surface area contributed by atoms with E-state index in [-0.39, 0.29) is 41.2 Å². The minimum absolute atomic E-state index is 0.00794. The molecule has 1 saturated carbocycles. The molecule has 2 aliphatic rings. The Bertz CT molecular complexity index is 606. The maximum absolute atomic E-state index is 13.0. The molecule has 0 aromatic heterocycles. The number of aliphatic hydroxyl groups is 1. The molecule has 1 aliphatic carbocycles. The number of fused-ring (bicyclic) bond motifs is 1. The van der Waals surface area contributed by atoms with Crippen LogP contribution in [0.15, 0.2) is 24.9 Å². The van der Waals surface area contributed by atoms with Crippen molar-refractivity contribution in [3.05, 3.63) is 24.9 Å². The predicted molar refractivity (Wildman–Crippen MR) is 117 cm³/mol. The molecule has 0 aromatic rings. The molecule has 0 bridgehead atoms. The number of nitrogens with one attached hydrogen (secondary N) is 1. The number of aliphatic hydroxyl groups excluding tert-OH is 1. The number of nitrogens with zero attached hydrogens (tertiary/aromatic N) is 2. The molecule has 1 unspecified atom stereocenters. The standard InChI is InChI=1S/C23H41N3O3/c1-9-12-17(29-8)16(5)26-21(27)15(4)18-19(20(18)24-26)22(28)25(11-3)14-23(6,7)13-10-2/h9,15,17-20,22,24,28H,1,5,10-14H2,2-4,6-8H3/t15-,17-,18-,19-,20?,22-/m1/s1. The van der Waals surface area contributed by atoms with Crippen molar-refractivity contribution in [1.82, 2.24) is 15.3 Å². The van der Waals surface area contributed by atoms with E-state index in [4.69, 9.17) is 4.74 Å². The summed E-state index contributed by atoms with van der Waals surface area (Å²) < 4.78 is 5.48. The van der Waals surface area contributed by atoms with Crippen LogP contribution in [0.2, 0.25) is 0 Å². The smallest absolute Gasteiger partial charge is 0.244 e. The van der Waals surface area contributed by atoms with Crippen LogP contribution in [0.1, 0.15) is 53.9 Å². The SMILES string of the molecule is C=CC[C@@H](OC)C(=C)N1NC2[C@H]([C@@H](O)N(CC)CC(C)(C)CCC)[C@H]2[C@@H](C)C1=O. The second-order valence-corrected chi connectivity index (χ2v) is 9.40. The summed E-state index contributed by atoms with van der Waals surface area (Å²) in [6, 6.07) is 0.0685. The van der Waals surface area contributed by atoms with Crippen LogP contribution >= 0.6 is 0 Å². The van der Waals surface area contributed by atoms with E-state index >= 15 is 0 Å². The molecule has 166 valence electrons. The van der Waals surface area contributed by atoms with Crippen LogP contribution in [0.25, 0.3) is 0 Å². The maximum atomic E-state index is 13.0. The van der Waals surface area contributed by atoms with Gasteiger partial charge in [0, 0.05) is 31.5 Å². The molecule has 6 nitrogen and oxygen atoms in total. The number of carbonyl (C=O) groups is 1. The van der Waals surface area contributed by atoms with Crippen LogP contribution in [0, 0.1) is 23.2 Å². The molecule has 1 aliphatic heterocycles. The Kier molecular flexibility index (Phi) is 8.08. The average Bonchev–Trinajstić information content (AvgIpc) is 3.40. The van der Waals surface area contributed by atoms with E-state index in [1.165, 1.54) is 0 Å².